The van der Waals surface area contributed by atoms with Crippen LogP contribution in [-0.4, -0.2) is 47.4 Å². The fraction of sp³-hybridized carbons (Fsp3) is 0.200. The van der Waals surface area contributed by atoms with Crippen molar-refractivity contribution in [2.24, 2.45) is 0 Å². The summed E-state index contributed by atoms with van der Waals surface area (Å²) >= 11 is 0. The van der Waals surface area contributed by atoms with Gasteiger partial charge < -0.3 is 34.6 Å². The second-order valence-corrected chi connectivity index (χ2v) is 8.45. The minimum atomic E-state index is -1.23. The number of benzene rings is 3. The maximum absolute atomic E-state index is 11.5. The first-order valence-corrected chi connectivity index (χ1v) is 11.6. The van der Waals surface area contributed by atoms with E-state index in [1.807, 2.05) is 24.3 Å². The Labute approximate surface area is 216 Å². The van der Waals surface area contributed by atoms with Crippen molar-refractivity contribution in [1.82, 2.24) is 0 Å². The molecule has 0 bridgehead atoms. The second kappa shape index (κ2) is 12.6. The van der Waals surface area contributed by atoms with Crippen LogP contribution in [0.2, 0.25) is 0 Å². The molecule has 0 heterocycles. The fourth-order valence-corrected chi connectivity index (χ4v) is 3.66. The Morgan fingerprint density at radius 3 is 1.73 bits per heavy atom. The van der Waals surface area contributed by atoms with E-state index in [4.69, 9.17) is 14.2 Å². The Kier molecular flexibility index (Phi) is 9.24. The highest BCUT2D eigenvalue weighted by Gasteiger charge is 2.20. The van der Waals surface area contributed by atoms with Gasteiger partial charge in [0.05, 0.1) is 26.9 Å². The van der Waals surface area contributed by atoms with E-state index in [0.29, 0.717) is 12.2 Å². The molecule has 0 aliphatic carbocycles. The Balaban J connectivity index is 1.83. The van der Waals surface area contributed by atoms with Crippen LogP contribution < -0.4 is 14.2 Å². The average molecular weight is 505 g/mol. The summed E-state index contributed by atoms with van der Waals surface area (Å²) in [5.41, 5.74) is 1.17. The molecule has 4 N–H and O–H groups in total. The molecule has 0 fully saturated rings. The molecule has 0 aromatic heterocycles. The smallest absolute Gasteiger partial charge is 0.200 e. The van der Waals surface area contributed by atoms with Gasteiger partial charge >= 0.3 is 0 Å². The van der Waals surface area contributed by atoms with Crippen LogP contribution in [0.25, 0.3) is 18.2 Å². The minimum absolute atomic E-state index is 0.0561. The molecule has 1 atom stereocenters. The molecule has 194 valence electrons. The van der Waals surface area contributed by atoms with Crippen LogP contribution in [-0.2, 0) is 0 Å². The Hall–Kier alpha value is -4.36. The van der Waals surface area contributed by atoms with E-state index in [-0.39, 0.29) is 35.2 Å². The van der Waals surface area contributed by atoms with E-state index in [9.17, 15) is 20.4 Å². The number of phenolic OH excluding ortho intramolecular Hbond substituents is 3. The van der Waals surface area contributed by atoms with E-state index in [1.54, 1.807) is 66.7 Å². The summed E-state index contributed by atoms with van der Waals surface area (Å²) in [5.74, 6) is 1.09. The highest BCUT2D eigenvalue weighted by Crippen LogP contribution is 2.37. The quantitative estimate of drug-likeness (QED) is 0.262. The molecule has 0 spiro atoms. The molecular formula is C30H32O7. The second-order valence-electron chi connectivity index (χ2n) is 8.45. The minimum Gasteiger partial charge on any atom is -0.508 e. The Morgan fingerprint density at radius 2 is 1.16 bits per heavy atom. The lowest BCUT2D eigenvalue weighted by molar-refractivity contribution is 0.0988. The lowest BCUT2D eigenvalue weighted by atomic mass is 9.92. The van der Waals surface area contributed by atoms with Crippen molar-refractivity contribution < 1.29 is 34.6 Å². The standard InChI is InChI=1S/C30H32O7/c1-35-26-18-22(10-13-25(26)32)6-4-15-30(34,17-14-21-8-11-24(31)12-9-21)16-5-7-23-19-27(36-2)29(33)28(20-23)37-3/h4-14,17-20,31-34H,15-16H2,1-3H3/b6-4+,7-5+,17-14+. The number of phenols is 3. The van der Waals surface area contributed by atoms with Gasteiger partial charge in [-0.1, -0.05) is 54.7 Å². The van der Waals surface area contributed by atoms with Crippen LogP contribution in [0.1, 0.15) is 29.5 Å². The van der Waals surface area contributed by atoms with Gasteiger partial charge in [0.15, 0.2) is 23.0 Å². The molecule has 37 heavy (non-hydrogen) atoms. The van der Waals surface area contributed by atoms with Crippen molar-refractivity contribution in [1.29, 1.82) is 0 Å². The number of aromatic hydroxyl groups is 3. The fourth-order valence-electron chi connectivity index (χ4n) is 3.66. The maximum atomic E-state index is 11.5. The first-order valence-electron chi connectivity index (χ1n) is 11.6. The largest absolute Gasteiger partial charge is 0.508 e. The lowest BCUT2D eigenvalue weighted by Crippen LogP contribution is -2.23. The first kappa shape index (κ1) is 27.2. The summed E-state index contributed by atoms with van der Waals surface area (Å²) < 4.78 is 15.6. The SMILES string of the molecule is COc1cc(/C=C/CC(O)(/C=C/c2ccc(O)cc2)C/C=C/c2cc(OC)c(O)c(OC)c2)ccc1O. The molecule has 7 nitrogen and oxygen atoms in total. The third kappa shape index (κ3) is 7.56. The van der Waals surface area contributed by atoms with Gasteiger partial charge in [-0.05, 0) is 65.9 Å². The number of rotatable bonds is 11. The first-order chi connectivity index (χ1) is 17.8. The number of ether oxygens (including phenoxy) is 3. The zero-order valence-electron chi connectivity index (χ0n) is 21.1. The molecule has 0 saturated carbocycles. The van der Waals surface area contributed by atoms with Gasteiger partial charge in [0.1, 0.15) is 5.75 Å². The summed E-state index contributed by atoms with van der Waals surface area (Å²) in [6, 6.07) is 15.1. The summed E-state index contributed by atoms with van der Waals surface area (Å²) in [7, 11) is 4.41. The van der Waals surface area contributed by atoms with Crippen molar-refractivity contribution in [3.63, 3.8) is 0 Å². The van der Waals surface area contributed by atoms with Gasteiger partial charge in [-0.3, -0.25) is 0 Å². The molecule has 1 unspecified atom stereocenters. The summed E-state index contributed by atoms with van der Waals surface area (Å²) in [6.45, 7) is 0. The third-order valence-electron chi connectivity index (χ3n) is 5.75. The molecule has 3 aromatic carbocycles. The molecular weight excluding hydrogens is 472 g/mol. The average Bonchev–Trinajstić information content (AvgIpc) is 2.90. The number of aliphatic hydroxyl groups is 1. The van der Waals surface area contributed by atoms with Gasteiger partial charge in [0.25, 0.3) is 0 Å². The van der Waals surface area contributed by atoms with Crippen LogP contribution in [0.4, 0.5) is 0 Å². The molecule has 0 aliphatic rings. The monoisotopic (exact) mass is 504 g/mol. The summed E-state index contributed by atoms with van der Waals surface area (Å²) in [6.07, 6.45) is 11.5. The maximum Gasteiger partial charge on any atom is 0.200 e. The predicted molar refractivity (Wildman–Crippen MR) is 145 cm³/mol. The highest BCUT2D eigenvalue weighted by atomic mass is 16.5. The summed E-state index contributed by atoms with van der Waals surface area (Å²) in [4.78, 5) is 0. The van der Waals surface area contributed by atoms with Crippen LogP contribution in [0.3, 0.4) is 0 Å². The Bertz CT molecular complexity index is 1250. The molecule has 0 radical (unpaired) electrons. The van der Waals surface area contributed by atoms with Crippen molar-refractivity contribution in [3.8, 4) is 34.5 Å². The van der Waals surface area contributed by atoms with Gasteiger partial charge in [0.2, 0.25) is 5.75 Å². The molecule has 0 amide bonds. The van der Waals surface area contributed by atoms with Crippen LogP contribution in [0, 0.1) is 0 Å². The van der Waals surface area contributed by atoms with Gasteiger partial charge in [-0.25, -0.2) is 0 Å². The van der Waals surface area contributed by atoms with E-state index < -0.39 is 5.60 Å². The number of hydrogen-bond acceptors (Lipinski definition) is 7. The van der Waals surface area contributed by atoms with Crippen LogP contribution in [0.15, 0.2) is 72.8 Å². The zero-order chi connectivity index (χ0) is 26.8. The van der Waals surface area contributed by atoms with Crippen molar-refractivity contribution in [3.05, 3.63) is 89.5 Å². The molecule has 3 rings (SSSR count). The molecule has 0 aliphatic heterocycles. The molecule has 3 aromatic rings. The predicted octanol–water partition coefficient (Wildman–Crippen LogP) is 5.78. The zero-order valence-corrected chi connectivity index (χ0v) is 21.1. The van der Waals surface area contributed by atoms with Crippen LogP contribution >= 0.6 is 0 Å². The topological polar surface area (TPSA) is 109 Å². The third-order valence-corrected chi connectivity index (χ3v) is 5.75. The lowest BCUT2D eigenvalue weighted by Gasteiger charge is -2.21. The normalized spacial score (nSPS) is 13.3. The Morgan fingerprint density at radius 1 is 0.649 bits per heavy atom. The van der Waals surface area contributed by atoms with Crippen molar-refractivity contribution >= 4 is 18.2 Å². The van der Waals surface area contributed by atoms with E-state index in [1.165, 1.54) is 21.3 Å². The summed E-state index contributed by atoms with van der Waals surface area (Å²) in [5, 5.41) is 41.0. The number of hydrogen-bond donors (Lipinski definition) is 4. The molecule has 7 heteroatoms. The van der Waals surface area contributed by atoms with Crippen molar-refractivity contribution in [2.75, 3.05) is 21.3 Å². The van der Waals surface area contributed by atoms with Gasteiger partial charge in [0, 0.05) is 0 Å². The van der Waals surface area contributed by atoms with E-state index in [0.717, 1.165) is 16.7 Å². The van der Waals surface area contributed by atoms with E-state index >= 15 is 0 Å². The van der Waals surface area contributed by atoms with Gasteiger partial charge in [-0.15, -0.1) is 0 Å². The van der Waals surface area contributed by atoms with Crippen LogP contribution in [0.5, 0.6) is 34.5 Å². The number of methoxy groups -OCH3 is 3. The molecule has 0 saturated heterocycles. The van der Waals surface area contributed by atoms with Crippen molar-refractivity contribution in [2.45, 2.75) is 18.4 Å². The van der Waals surface area contributed by atoms with E-state index in [2.05, 4.69) is 0 Å². The van der Waals surface area contributed by atoms with Gasteiger partial charge in [-0.2, -0.15) is 0 Å². The highest BCUT2D eigenvalue weighted by molar-refractivity contribution is 5.62.